The van der Waals surface area contributed by atoms with E-state index in [4.69, 9.17) is 5.11 Å². The molecule has 1 rings (SSSR count). The van der Waals surface area contributed by atoms with Crippen molar-refractivity contribution in [2.24, 2.45) is 0 Å². The molecule has 0 saturated heterocycles. The van der Waals surface area contributed by atoms with E-state index < -0.39 is 0 Å². The molecule has 1 aromatic heterocycles. The molecule has 0 fully saturated rings. The summed E-state index contributed by atoms with van der Waals surface area (Å²) in [4.78, 5) is 9.02. The number of aromatic nitrogens is 2. The van der Waals surface area contributed by atoms with E-state index >= 15 is 0 Å². The van der Waals surface area contributed by atoms with Gasteiger partial charge in [0.1, 0.15) is 16.7 Å². The summed E-state index contributed by atoms with van der Waals surface area (Å²) in [7, 11) is 0. The van der Waals surface area contributed by atoms with Crippen molar-refractivity contribution in [3.63, 3.8) is 0 Å². The van der Waals surface area contributed by atoms with Crippen LogP contribution in [0.25, 0.3) is 0 Å². The van der Waals surface area contributed by atoms with Gasteiger partial charge < -0.3 is 10.4 Å². The van der Waals surface area contributed by atoms with Gasteiger partial charge in [0.2, 0.25) is 0 Å². The van der Waals surface area contributed by atoms with Crippen LogP contribution < -0.4 is 5.32 Å². The van der Waals surface area contributed by atoms with Crippen molar-refractivity contribution < 1.29 is 5.11 Å². The zero-order valence-corrected chi connectivity index (χ0v) is 11.6. The zero-order chi connectivity index (χ0) is 12.7. The minimum absolute atomic E-state index is 0.234. The van der Waals surface area contributed by atoms with E-state index in [2.05, 4.69) is 29.1 Å². The molecule has 0 spiro atoms. The molecule has 4 nitrogen and oxygen atoms in total. The van der Waals surface area contributed by atoms with Crippen LogP contribution in [0.5, 0.6) is 0 Å². The number of hydrogen-bond donors (Lipinski definition) is 2. The van der Waals surface area contributed by atoms with E-state index in [1.54, 1.807) is 11.8 Å². The molecule has 0 aliphatic rings. The van der Waals surface area contributed by atoms with Crippen LogP contribution in [0.4, 0.5) is 5.82 Å². The molecule has 1 heterocycles. The highest BCUT2D eigenvalue weighted by Crippen LogP contribution is 2.25. The Balaban J connectivity index is 2.89. The third-order valence-corrected chi connectivity index (χ3v) is 3.51. The predicted molar refractivity (Wildman–Crippen MR) is 72.7 cm³/mol. The summed E-state index contributed by atoms with van der Waals surface area (Å²) in [5.41, 5.74) is 1.10. The Kier molecular flexibility index (Phi) is 6.29. The molecule has 1 aromatic rings. The van der Waals surface area contributed by atoms with Crippen LogP contribution in [-0.4, -0.2) is 34.0 Å². The molecular formula is C12H21N3OS. The Bertz CT molecular complexity index is 358. The molecule has 0 unspecified atom stereocenters. The van der Waals surface area contributed by atoms with Gasteiger partial charge >= 0.3 is 0 Å². The summed E-state index contributed by atoms with van der Waals surface area (Å²) < 4.78 is 0. The van der Waals surface area contributed by atoms with Crippen LogP contribution in [0, 0.1) is 6.92 Å². The molecular weight excluding hydrogens is 234 g/mol. The Morgan fingerprint density at radius 2 is 2.06 bits per heavy atom. The Hall–Kier alpha value is -0.810. The molecule has 0 aliphatic carbocycles. The van der Waals surface area contributed by atoms with Crippen LogP contribution in [0.2, 0.25) is 0 Å². The number of nitrogens with one attached hydrogen (secondary N) is 1. The van der Waals surface area contributed by atoms with E-state index in [0.717, 1.165) is 47.4 Å². The van der Waals surface area contributed by atoms with E-state index in [1.165, 1.54) is 0 Å². The van der Waals surface area contributed by atoms with Crippen molar-refractivity contribution in [2.75, 3.05) is 24.2 Å². The maximum absolute atomic E-state index is 8.79. The SMILES string of the molecule is CCNc1nc(CC)nc(SCCCO)c1C. The van der Waals surface area contributed by atoms with Gasteiger partial charge in [0.25, 0.3) is 0 Å². The Labute approximate surface area is 107 Å². The van der Waals surface area contributed by atoms with Crippen molar-refractivity contribution in [3.8, 4) is 0 Å². The normalized spacial score (nSPS) is 10.6. The summed E-state index contributed by atoms with van der Waals surface area (Å²) in [5, 5.41) is 13.1. The Morgan fingerprint density at radius 3 is 2.65 bits per heavy atom. The lowest BCUT2D eigenvalue weighted by Crippen LogP contribution is -2.07. The summed E-state index contributed by atoms with van der Waals surface area (Å²) in [6.45, 7) is 7.26. The largest absolute Gasteiger partial charge is 0.396 e. The van der Waals surface area contributed by atoms with Gasteiger partial charge in [0, 0.05) is 30.9 Å². The van der Waals surface area contributed by atoms with Gasteiger partial charge in [0.05, 0.1) is 0 Å². The smallest absolute Gasteiger partial charge is 0.133 e. The van der Waals surface area contributed by atoms with Crippen LogP contribution in [0.15, 0.2) is 5.03 Å². The van der Waals surface area contributed by atoms with E-state index in [9.17, 15) is 0 Å². The first-order valence-corrected chi connectivity index (χ1v) is 7.06. The second-order valence-electron chi connectivity index (χ2n) is 3.73. The summed E-state index contributed by atoms with van der Waals surface area (Å²) in [5.74, 6) is 2.70. The van der Waals surface area contributed by atoms with E-state index in [0.29, 0.717) is 0 Å². The molecule has 0 atom stereocenters. The number of hydrogen-bond acceptors (Lipinski definition) is 5. The minimum atomic E-state index is 0.234. The monoisotopic (exact) mass is 255 g/mol. The lowest BCUT2D eigenvalue weighted by atomic mass is 10.3. The highest BCUT2D eigenvalue weighted by molar-refractivity contribution is 7.99. The van der Waals surface area contributed by atoms with Crippen LogP contribution >= 0.6 is 11.8 Å². The van der Waals surface area contributed by atoms with E-state index in [-0.39, 0.29) is 6.61 Å². The lowest BCUT2D eigenvalue weighted by molar-refractivity contribution is 0.296. The number of thioether (sulfide) groups is 1. The molecule has 0 amide bonds. The molecule has 0 aromatic carbocycles. The quantitative estimate of drug-likeness (QED) is 0.444. The first-order chi connectivity index (χ1) is 8.22. The maximum atomic E-state index is 8.79. The number of aliphatic hydroxyl groups excluding tert-OH is 1. The summed E-state index contributed by atoms with van der Waals surface area (Å²) in [6.07, 6.45) is 1.64. The van der Waals surface area contributed by atoms with Gasteiger partial charge in [-0.15, -0.1) is 11.8 Å². The number of nitrogens with zero attached hydrogens (tertiary/aromatic N) is 2. The predicted octanol–water partition coefficient (Wildman–Crippen LogP) is 2.25. The molecule has 0 bridgehead atoms. The summed E-state index contributed by atoms with van der Waals surface area (Å²) in [6, 6.07) is 0. The van der Waals surface area contributed by atoms with Gasteiger partial charge in [-0.25, -0.2) is 9.97 Å². The van der Waals surface area contributed by atoms with Gasteiger partial charge in [-0.2, -0.15) is 0 Å². The van der Waals surface area contributed by atoms with Gasteiger partial charge in [-0.3, -0.25) is 0 Å². The van der Waals surface area contributed by atoms with Crippen molar-refractivity contribution in [1.82, 2.24) is 9.97 Å². The fourth-order valence-corrected chi connectivity index (χ4v) is 2.36. The molecule has 17 heavy (non-hydrogen) atoms. The molecule has 5 heteroatoms. The van der Waals surface area contributed by atoms with Crippen molar-refractivity contribution in [1.29, 1.82) is 0 Å². The first kappa shape index (κ1) is 14.3. The number of aliphatic hydroxyl groups is 1. The summed E-state index contributed by atoms with van der Waals surface area (Å²) >= 11 is 1.69. The first-order valence-electron chi connectivity index (χ1n) is 6.07. The average Bonchev–Trinajstić information content (AvgIpc) is 2.34. The fourth-order valence-electron chi connectivity index (χ4n) is 1.41. The van der Waals surface area contributed by atoms with Gasteiger partial charge in [-0.05, 0) is 20.3 Å². The highest BCUT2D eigenvalue weighted by Gasteiger charge is 2.09. The van der Waals surface area contributed by atoms with Crippen molar-refractivity contribution >= 4 is 17.6 Å². The standard InChI is InChI=1S/C12H21N3OS/c1-4-10-14-11(13-5-2)9(3)12(15-10)17-8-6-7-16/h16H,4-8H2,1-3H3,(H,13,14,15). The average molecular weight is 255 g/mol. The van der Waals surface area contributed by atoms with Gasteiger partial charge in [0.15, 0.2) is 0 Å². The van der Waals surface area contributed by atoms with Crippen LogP contribution in [0.3, 0.4) is 0 Å². The number of aryl methyl sites for hydroxylation is 1. The minimum Gasteiger partial charge on any atom is -0.396 e. The maximum Gasteiger partial charge on any atom is 0.133 e. The van der Waals surface area contributed by atoms with E-state index in [1.807, 2.05) is 6.92 Å². The van der Waals surface area contributed by atoms with Crippen molar-refractivity contribution in [2.45, 2.75) is 38.6 Å². The lowest BCUT2D eigenvalue weighted by Gasteiger charge is -2.12. The highest BCUT2D eigenvalue weighted by atomic mass is 32.2. The number of anilines is 1. The third kappa shape index (κ3) is 4.16. The second-order valence-corrected chi connectivity index (χ2v) is 4.81. The zero-order valence-electron chi connectivity index (χ0n) is 10.8. The fraction of sp³-hybridized carbons (Fsp3) is 0.667. The van der Waals surface area contributed by atoms with Crippen LogP contribution in [-0.2, 0) is 6.42 Å². The van der Waals surface area contributed by atoms with Gasteiger partial charge in [-0.1, -0.05) is 6.92 Å². The van der Waals surface area contributed by atoms with Crippen molar-refractivity contribution in [3.05, 3.63) is 11.4 Å². The molecule has 0 aliphatic heterocycles. The molecule has 0 radical (unpaired) electrons. The third-order valence-electron chi connectivity index (χ3n) is 2.35. The second kappa shape index (κ2) is 7.50. The molecule has 96 valence electrons. The Morgan fingerprint density at radius 1 is 1.29 bits per heavy atom. The molecule has 0 saturated carbocycles. The van der Waals surface area contributed by atoms with Crippen LogP contribution in [0.1, 0.15) is 31.7 Å². The topological polar surface area (TPSA) is 58.0 Å². The number of rotatable bonds is 7. The molecule has 2 N–H and O–H groups in total.